The summed E-state index contributed by atoms with van der Waals surface area (Å²) in [6.07, 6.45) is 5.25. The highest BCUT2D eigenvalue weighted by Gasteiger charge is 2.27. The smallest absolute Gasteiger partial charge is 0.0948 e. The third kappa shape index (κ3) is 3.10. The normalized spacial score (nSPS) is 16.9. The van der Waals surface area contributed by atoms with Gasteiger partial charge in [0.2, 0.25) is 0 Å². The molecule has 2 nitrogen and oxygen atoms in total. The summed E-state index contributed by atoms with van der Waals surface area (Å²) >= 11 is 1.80. The number of rotatable bonds is 6. The molecule has 0 radical (unpaired) electrons. The predicted molar refractivity (Wildman–Crippen MR) is 86.1 cm³/mol. The first-order valence-electron chi connectivity index (χ1n) is 7.60. The van der Waals surface area contributed by atoms with Gasteiger partial charge in [0.15, 0.2) is 0 Å². The van der Waals surface area contributed by atoms with Crippen molar-refractivity contribution in [3.63, 3.8) is 0 Å². The maximum atomic E-state index is 4.82. The largest absolute Gasteiger partial charge is 0.314 e. The quantitative estimate of drug-likeness (QED) is 0.863. The third-order valence-corrected chi connectivity index (χ3v) is 5.07. The summed E-state index contributed by atoms with van der Waals surface area (Å²) in [7, 11) is 0. The lowest BCUT2D eigenvalue weighted by Crippen LogP contribution is -2.41. The average molecular weight is 286 g/mol. The molecule has 1 aliphatic rings. The number of nitrogens with one attached hydrogen (secondary N) is 1. The molecular weight excluding hydrogens is 264 g/mol. The van der Waals surface area contributed by atoms with E-state index in [1.165, 1.54) is 29.8 Å². The van der Waals surface area contributed by atoms with Crippen LogP contribution in [0.2, 0.25) is 0 Å². The zero-order valence-corrected chi connectivity index (χ0v) is 12.8. The minimum atomic E-state index is 0.614. The first-order valence-corrected chi connectivity index (χ1v) is 8.48. The van der Waals surface area contributed by atoms with Crippen LogP contribution in [0.25, 0.3) is 11.3 Å². The maximum Gasteiger partial charge on any atom is 0.0948 e. The molecule has 1 unspecified atom stereocenters. The van der Waals surface area contributed by atoms with Gasteiger partial charge in [0.05, 0.1) is 10.7 Å². The lowest BCUT2D eigenvalue weighted by atomic mass is 9.78. The van der Waals surface area contributed by atoms with Crippen molar-refractivity contribution in [3.05, 3.63) is 40.7 Å². The summed E-state index contributed by atoms with van der Waals surface area (Å²) in [6.45, 7) is 3.25. The lowest BCUT2D eigenvalue weighted by Gasteiger charge is -2.33. The molecule has 2 aromatic rings. The van der Waals surface area contributed by atoms with Crippen molar-refractivity contribution in [1.82, 2.24) is 10.3 Å². The molecule has 0 aliphatic heterocycles. The second kappa shape index (κ2) is 6.51. The molecule has 1 N–H and O–H groups in total. The Morgan fingerprint density at radius 3 is 2.75 bits per heavy atom. The fraction of sp³-hybridized carbons (Fsp3) is 0.471. The highest BCUT2D eigenvalue weighted by atomic mass is 32.1. The van der Waals surface area contributed by atoms with Gasteiger partial charge in [0, 0.05) is 23.4 Å². The molecule has 1 atom stereocenters. The van der Waals surface area contributed by atoms with Gasteiger partial charge in [-0.3, -0.25) is 0 Å². The van der Waals surface area contributed by atoms with Crippen molar-refractivity contribution < 1.29 is 0 Å². The van der Waals surface area contributed by atoms with Crippen molar-refractivity contribution in [1.29, 1.82) is 0 Å². The number of aromatic nitrogens is 1. The van der Waals surface area contributed by atoms with Crippen LogP contribution in [0.4, 0.5) is 0 Å². The summed E-state index contributed by atoms with van der Waals surface area (Å²) in [4.78, 5) is 4.82. The number of benzene rings is 1. The van der Waals surface area contributed by atoms with Gasteiger partial charge >= 0.3 is 0 Å². The minimum absolute atomic E-state index is 0.614. The standard InChI is InChI=1S/C17H22N2S/c1-2-18-15(13-9-6-10-13)11-17-19-16(12-20-17)14-7-4-3-5-8-14/h3-5,7-8,12-13,15,18H,2,6,9-11H2,1H3. The van der Waals surface area contributed by atoms with Crippen molar-refractivity contribution in [3.8, 4) is 11.3 Å². The van der Waals surface area contributed by atoms with Gasteiger partial charge in [-0.15, -0.1) is 11.3 Å². The lowest BCUT2D eigenvalue weighted by molar-refractivity contribution is 0.229. The zero-order chi connectivity index (χ0) is 13.8. The number of hydrogen-bond acceptors (Lipinski definition) is 3. The van der Waals surface area contributed by atoms with Crippen LogP contribution in [-0.2, 0) is 6.42 Å². The molecule has 1 fully saturated rings. The Hall–Kier alpha value is -1.19. The van der Waals surface area contributed by atoms with E-state index in [1.807, 2.05) is 0 Å². The van der Waals surface area contributed by atoms with Gasteiger partial charge in [-0.05, 0) is 25.3 Å². The van der Waals surface area contributed by atoms with Crippen LogP contribution in [0, 0.1) is 5.92 Å². The van der Waals surface area contributed by atoms with Crippen molar-refractivity contribution in [2.75, 3.05) is 6.54 Å². The molecule has 0 saturated heterocycles. The number of hydrogen-bond donors (Lipinski definition) is 1. The van der Waals surface area contributed by atoms with Crippen molar-refractivity contribution in [2.45, 2.75) is 38.6 Å². The average Bonchev–Trinajstić information content (AvgIpc) is 2.87. The molecule has 3 heteroatoms. The van der Waals surface area contributed by atoms with E-state index in [4.69, 9.17) is 4.98 Å². The van der Waals surface area contributed by atoms with Crippen LogP contribution in [0.15, 0.2) is 35.7 Å². The van der Waals surface area contributed by atoms with Crippen LogP contribution in [0.1, 0.15) is 31.2 Å². The first kappa shape index (κ1) is 13.8. The highest BCUT2D eigenvalue weighted by molar-refractivity contribution is 7.09. The topological polar surface area (TPSA) is 24.9 Å². The predicted octanol–water partition coefficient (Wildman–Crippen LogP) is 4.13. The Bertz CT molecular complexity index is 531. The van der Waals surface area contributed by atoms with Crippen LogP contribution in [0.5, 0.6) is 0 Å². The first-order chi connectivity index (χ1) is 9.86. The maximum absolute atomic E-state index is 4.82. The van der Waals surface area contributed by atoms with E-state index in [0.29, 0.717) is 6.04 Å². The van der Waals surface area contributed by atoms with Crippen LogP contribution < -0.4 is 5.32 Å². The Kier molecular flexibility index (Phi) is 4.48. The molecule has 106 valence electrons. The minimum Gasteiger partial charge on any atom is -0.314 e. The van der Waals surface area contributed by atoms with E-state index in [0.717, 1.165) is 24.6 Å². The second-order valence-corrected chi connectivity index (χ2v) is 6.49. The summed E-state index contributed by atoms with van der Waals surface area (Å²) < 4.78 is 0. The van der Waals surface area contributed by atoms with Gasteiger partial charge in [0.1, 0.15) is 0 Å². The van der Waals surface area contributed by atoms with Crippen LogP contribution in [-0.4, -0.2) is 17.6 Å². The van der Waals surface area contributed by atoms with Crippen molar-refractivity contribution in [2.24, 2.45) is 5.92 Å². The Morgan fingerprint density at radius 1 is 1.30 bits per heavy atom. The molecule has 1 aromatic carbocycles. The van der Waals surface area contributed by atoms with Gasteiger partial charge in [0.25, 0.3) is 0 Å². The molecule has 1 heterocycles. The van der Waals surface area contributed by atoms with E-state index in [1.54, 1.807) is 11.3 Å². The molecule has 3 rings (SSSR count). The van der Waals surface area contributed by atoms with Gasteiger partial charge < -0.3 is 5.32 Å². The van der Waals surface area contributed by atoms with E-state index < -0.39 is 0 Å². The Balaban J connectivity index is 1.69. The summed E-state index contributed by atoms with van der Waals surface area (Å²) in [5.74, 6) is 0.860. The van der Waals surface area contributed by atoms with E-state index >= 15 is 0 Å². The second-order valence-electron chi connectivity index (χ2n) is 5.55. The number of nitrogens with zero attached hydrogens (tertiary/aromatic N) is 1. The highest BCUT2D eigenvalue weighted by Crippen LogP contribution is 2.32. The fourth-order valence-corrected chi connectivity index (χ4v) is 3.71. The zero-order valence-electron chi connectivity index (χ0n) is 12.0. The van der Waals surface area contributed by atoms with Crippen molar-refractivity contribution >= 4 is 11.3 Å². The number of thiazole rings is 1. The third-order valence-electron chi connectivity index (χ3n) is 4.20. The SMILES string of the molecule is CCNC(Cc1nc(-c2ccccc2)cs1)C1CCC1. The van der Waals surface area contributed by atoms with Gasteiger partial charge in [-0.1, -0.05) is 43.7 Å². The Labute approximate surface area is 125 Å². The summed E-state index contributed by atoms with van der Waals surface area (Å²) in [5.41, 5.74) is 2.34. The monoisotopic (exact) mass is 286 g/mol. The van der Waals surface area contributed by atoms with Crippen LogP contribution in [0.3, 0.4) is 0 Å². The number of likely N-dealkylation sites (N-methyl/N-ethyl adjacent to an activating group) is 1. The molecule has 0 bridgehead atoms. The van der Waals surface area contributed by atoms with Crippen LogP contribution >= 0.6 is 11.3 Å². The van der Waals surface area contributed by atoms with Gasteiger partial charge in [-0.2, -0.15) is 0 Å². The molecular formula is C17H22N2S. The molecule has 0 amide bonds. The van der Waals surface area contributed by atoms with E-state index in [9.17, 15) is 0 Å². The van der Waals surface area contributed by atoms with E-state index in [-0.39, 0.29) is 0 Å². The van der Waals surface area contributed by atoms with E-state index in [2.05, 4.69) is 48.0 Å². The molecule has 1 saturated carbocycles. The molecule has 20 heavy (non-hydrogen) atoms. The summed E-state index contributed by atoms with van der Waals surface area (Å²) in [6, 6.07) is 11.1. The fourth-order valence-electron chi connectivity index (χ4n) is 2.84. The Morgan fingerprint density at radius 2 is 2.10 bits per heavy atom. The molecule has 1 aliphatic carbocycles. The summed E-state index contributed by atoms with van der Waals surface area (Å²) in [5, 5.41) is 7.10. The molecule has 1 aromatic heterocycles. The van der Waals surface area contributed by atoms with Gasteiger partial charge in [-0.25, -0.2) is 4.98 Å². The molecule has 0 spiro atoms.